The van der Waals surface area contributed by atoms with Gasteiger partial charge in [0.05, 0.1) is 12.2 Å². The zero-order valence-corrected chi connectivity index (χ0v) is 6.55. The summed E-state index contributed by atoms with van der Waals surface area (Å²) in [4.78, 5) is 0. The topological polar surface area (TPSA) is 12.5 Å². The van der Waals surface area contributed by atoms with Crippen LogP contribution in [-0.4, -0.2) is 12.2 Å². The standard InChI is InChI=1S/C9H15O/c1-6(2)7-3-4-8-9(5-7)10-8/h6-9H,1,3-5H2,2H3. The van der Waals surface area contributed by atoms with E-state index in [4.69, 9.17) is 4.74 Å². The van der Waals surface area contributed by atoms with Crippen LogP contribution in [0.15, 0.2) is 0 Å². The largest absolute Gasteiger partial charge is 0.370 e. The number of hydrogen-bond donors (Lipinski definition) is 0. The Balaban J connectivity index is 1.88. The zero-order valence-electron chi connectivity index (χ0n) is 6.55. The van der Waals surface area contributed by atoms with E-state index in [0.717, 1.165) is 5.92 Å². The number of ether oxygens (including phenoxy) is 1. The molecule has 1 saturated carbocycles. The molecular weight excluding hydrogens is 124 g/mol. The fourth-order valence-corrected chi connectivity index (χ4v) is 1.95. The number of epoxide rings is 1. The molecule has 57 valence electrons. The smallest absolute Gasteiger partial charge is 0.0844 e. The zero-order chi connectivity index (χ0) is 7.14. The van der Waals surface area contributed by atoms with Crippen molar-refractivity contribution >= 4 is 0 Å². The summed E-state index contributed by atoms with van der Waals surface area (Å²) < 4.78 is 5.43. The summed E-state index contributed by atoms with van der Waals surface area (Å²) in [6, 6.07) is 0. The van der Waals surface area contributed by atoms with Crippen molar-refractivity contribution in [2.24, 2.45) is 11.8 Å². The maximum Gasteiger partial charge on any atom is 0.0844 e. The first-order valence-corrected chi connectivity index (χ1v) is 4.26. The van der Waals surface area contributed by atoms with E-state index in [1.807, 2.05) is 0 Å². The molecule has 1 aliphatic carbocycles. The van der Waals surface area contributed by atoms with E-state index in [-0.39, 0.29) is 0 Å². The van der Waals surface area contributed by atoms with Crippen LogP contribution in [0, 0.1) is 18.8 Å². The second-order valence-corrected chi connectivity index (χ2v) is 3.76. The normalized spacial score (nSPS) is 45.3. The highest BCUT2D eigenvalue weighted by atomic mass is 16.6. The van der Waals surface area contributed by atoms with Crippen molar-refractivity contribution in [3.8, 4) is 0 Å². The SMILES string of the molecule is [CH2]C(C)C1CCC2OC2C1. The van der Waals surface area contributed by atoms with Gasteiger partial charge in [-0.25, -0.2) is 0 Å². The average molecular weight is 139 g/mol. The Kier molecular flexibility index (Phi) is 1.48. The molecular formula is C9H15O. The van der Waals surface area contributed by atoms with Gasteiger partial charge in [0.25, 0.3) is 0 Å². The highest BCUT2D eigenvalue weighted by Gasteiger charge is 2.44. The van der Waals surface area contributed by atoms with E-state index in [0.29, 0.717) is 18.1 Å². The summed E-state index contributed by atoms with van der Waals surface area (Å²) in [7, 11) is 0. The molecule has 1 heterocycles. The van der Waals surface area contributed by atoms with Crippen LogP contribution in [0.4, 0.5) is 0 Å². The van der Waals surface area contributed by atoms with Crippen LogP contribution in [0.1, 0.15) is 26.2 Å². The molecule has 0 aromatic heterocycles. The van der Waals surface area contributed by atoms with Crippen LogP contribution in [0.25, 0.3) is 0 Å². The predicted octanol–water partition coefficient (Wildman–Crippen LogP) is 2.02. The average Bonchev–Trinajstić information content (AvgIpc) is 2.63. The van der Waals surface area contributed by atoms with Crippen molar-refractivity contribution in [2.75, 3.05) is 0 Å². The van der Waals surface area contributed by atoms with Gasteiger partial charge in [0.1, 0.15) is 0 Å². The van der Waals surface area contributed by atoms with Gasteiger partial charge in [-0.1, -0.05) is 13.8 Å². The molecule has 2 rings (SSSR count). The number of hydrogen-bond acceptors (Lipinski definition) is 1. The first kappa shape index (κ1) is 6.66. The lowest BCUT2D eigenvalue weighted by molar-refractivity contribution is 0.316. The second kappa shape index (κ2) is 2.23. The Morgan fingerprint density at radius 3 is 2.80 bits per heavy atom. The fraction of sp³-hybridized carbons (Fsp3) is 0.889. The van der Waals surface area contributed by atoms with E-state index in [1.54, 1.807) is 0 Å². The third-order valence-electron chi connectivity index (χ3n) is 2.85. The van der Waals surface area contributed by atoms with E-state index in [1.165, 1.54) is 19.3 Å². The van der Waals surface area contributed by atoms with Gasteiger partial charge in [0.2, 0.25) is 0 Å². The summed E-state index contributed by atoms with van der Waals surface area (Å²) >= 11 is 0. The highest BCUT2D eigenvalue weighted by Crippen LogP contribution is 2.41. The number of rotatable bonds is 1. The van der Waals surface area contributed by atoms with Crippen LogP contribution in [0.3, 0.4) is 0 Å². The van der Waals surface area contributed by atoms with Crippen molar-refractivity contribution < 1.29 is 4.74 Å². The summed E-state index contributed by atoms with van der Waals surface area (Å²) in [5.41, 5.74) is 0. The molecule has 1 saturated heterocycles. The molecule has 0 bridgehead atoms. The maximum absolute atomic E-state index is 5.43. The quantitative estimate of drug-likeness (QED) is 0.506. The fourth-order valence-electron chi connectivity index (χ4n) is 1.95. The lowest BCUT2D eigenvalue weighted by atomic mass is 9.82. The highest BCUT2D eigenvalue weighted by molar-refractivity contribution is 4.93. The van der Waals surface area contributed by atoms with Crippen LogP contribution < -0.4 is 0 Å². The van der Waals surface area contributed by atoms with Crippen molar-refractivity contribution in [2.45, 2.75) is 38.4 Å². The Labute approximate surface area is 62.8 Å². The predicted molar refractivity (Wildman–Crippen MR) is 40.5 cm³/mol. The lowest BCUT2D eigenvalue weighted by Gasteiger charge is -2.21. The van der Waals surface area contributed by atoms with Gasteiger partial charge < -0.3 is 4.74 Å². The molecule has 4 unspecified atom stereocenters. The molecule has 0 N–H and O–H groups in total. The van der Waals surface area contributed by atoms with Gasteiger partial charge in [-0.2, -0.15) is 0 Å². The molecule has 1 aliphatic heterocycles. The van der Waals surface area contributed by atoms with E-state index < -0.39 is 0 Å². The van der Waals surface area contributed by atoms with E-state index >= 15 is 0 Å². The molecule has 0 aromatic rings. The first-order valence-electron chi connectivity index (χ1n) is 4.26. The Hall–Kier alpha value is -0.0400. The van der Waals surface area contributed by atoms with Gasteiger partial charge in [0.15, 0.2) is 0 Å². The third kappa shape index (κ3) is 1.07. The van der Waals surface area contributed by atoms with Gasteiger partial charge in [-0.15, -0.1) is 0 Å². The van der Waals surface area contributed by atoms with Crippen LogP contribution >= 0.6 is 0 Å². The molecule has 1 heteroatoms. The first-order chi connectivity index (χ1) is 4.77. The molecule has 10 heavy (non-hydrogen) atoms. The Morgan fingerprint density at radius 1 is 1.40 bits per heavy atom. The molecule has 1 nitrogen and oxygen atoms in total. The summed E-state index contributed by atoms with van der Waals surface area (Å²) in [6.45, 7) is 6.28. The molecule has 1 radical (unpaired) electrons. The molecule has 2 fully saturated rings. The minimum atomic E-state index is 0.616. The van der Waals surface area contributed by atoms with Gasteiger partial charge in [-0.3, -0.25) is 0 Å². The van der Waals surface area contributed by atoms with Crippen LogP contribution in [0.2, 0.25) is 0 Å². The van der Waals surface area contributed by atoms with Crippen LogP contribution in [-0.2, 0) is 4.74 Å². The van der Waals surface area contributed by atoms with Gasteiger partial charge in [0, 0.05) is 0 Å². The lowest BCUT2D eigenvalue weighted by Crippen LogP contribution is -2.18. The third-order valence-corrected chi connectivity index (χ3v) is 2.85. The van der Waals surface area contributed by atoms with Crippen molar-refractivity contribution in [3.05, 3.63) is 6.92 Å². The van der Waals surface area contributed by atoms with Gasteiger partial charge >= 0.3 is 0 Å². The molecule has 0 aromatic carbocycles. The molecule has 0 amide bonds. The van der Waals surface area contributed by atoms with Crippen molar-refractivity contribution in [1.82, 2.24) is 0 Å². The summed E-state index contributed by atoms with van der Waals surface area (Å²) in [6.07, 6.45) is 5.18. The Bertz CT molecular complexity index is 131. The van der Waals surface area contributed by atoms with E-state index in [9.17, 15) is 0 Å². The van der Waals surface area contributed by atoms with Crippen LogP contribution in [0.5, 0.6) is 0 Å². The molecule has 0 spiro atoms. The maximum atomic E-state index is 5.43. The van der Waals surface area contributed by atoms with Crippen molar-refractivity contribution in [3.63, 3.8) is 0 Å². The minimum absolute atomic E-state index is 0.616. The Morgan fingerprint density at radius 2 is 2.20 bits per heavy atom. The van der Waals surface area contributed by atoms with Gasteiger partial charge in [-0.05, 0) is 31.1 Å². The van der Waals surface area contributed by atoms with E-state index in [2.05, 4.69) is 13.8 Å². The summed E-state index contributed by atoms with van der Waals surface area (Å²) in [5.74, 6) is 1.45. The molecule has 2 aliphatic rings. The minimum Gasteiger partial charge on any atom is -0.370 e. The summed E-state index contributed by atoms with van der Waals surface area (Å²) in [5, 5.41) is 0. The molecule has 4 atom stereocenters. The monoisotopic (exact) mass is 139 g/mol. The second-order valence-electron chi connectivity index (χ2n) is 3.76. The van der Waals surface area contributed by atoms with Crippen molar-refractivity contribution in [1.29, 1.82) is 0 Å². The number of fused-ring (bicyclic) bond motifs is 1.